The van der Waals surface area contributed by atoms with Gasteiger partial charge in [0.2, 0.25) is 0 Å². The smallest absolute Gasteiger partial charge is 0.276 e. The van der Waals surface area contributed by atoms with Crippen molar-refractivity contribution in [1.82, 2.24) is 14.9 Å². The highest BCUT2D eigenvalue weighted by molar-refractivity contribution is 6.07. The van der Waals surface area contributed by atoms with E-state index in [9.17, 15) is 9.59 Å². The fraction of sp³-hybridized carbons (Fsp3) is 0.250. The van der Waals surface area contributed by atoms with E-state index < -0.39 is 0 Å². The molecule has 2 amide bonds. The quantitative estimate of drug-likeness (QED) is 0.668. The molecule has 1 aliphatic rings. The minimum absolute atomic E-state index is 0.138. The number of aromatic nitrogens is 2. The van der Waals surface area contributed by atoms with Gasteiger partial charge in [-0.3, -0.25) is 9.59 Å². The number of carbonyl (C=O) groups is 2. The molecule has 8 heteroatoms. The van der Waals surface area contributed by atoms with Crippen molar-refractivity contribution >= 4 is 23.3 Å². The van der Waals surface area contributed by atoms with Gasteiger partial charge in [-0.15, -0.1) is 0 Å². The van der Waals surface area contributed by atoms with Crippen LogP contribution in [0, 0.1) is 6.92 Å². The van der Waals surface area contributed by atoms with Crippen LogP contribution >= 0.6 is 0 Å². The summed E-state index contributed by atoms with van der Waals surface area (Å²) in [5.74, 6) is 0.384. The van der Waals surface area contributed by atoms with Gasteiger partial charge < -0.3 is 19.9 Å². The van der Waals surface area contributed by atoms with Crippen molar-refractivity contribution < 1.29 is 14.3 Å². The van der Waals surface area contributed by atoms with Crippen LogP contribution in [0.3, 0.4) is 0 Å². The summed E-state index contributed by atoms with van der Waals surface area (Å²) in [6.45, 7) is 4.33. The third-order valence-corrected chi connectivity index (χ3v) is 5.44. The molecule has 3 aromatic rings. The van der Waals surface area contributed by atoms with Crippen LogP contribution in [0.5, 0.6) is 5.75 Å². The summed E-state index contributed by atoms with van der Waals surface area (Å²) in [7, 11) is 1.65. The number of hydrogen-bond acceptors (Lipinski definition) is 6. The summed E-state index contributed by atoms with van der Waals surface area (Å²) in [5.41, 5.74) is 2.70. The van der Waals surface area contributed by atoms with Crippen LogP contribution in [0.2, 0.25) is 0 Å². The van der Waals surface area contributed by atoms with Gasteiger partial charge in [0.1, 0.15) is 5.75 Å². The number of aryl methyl sites for hydroxylation is 1. The minimum Gasteiger partial charge on any atom is -0.495 e. The third kappa shape index (κ3) is 4.54. The number of anilines is 2. The highest BCUT2D eigenvalue weighted by Crippen LogP contribution is 2.28. The molecule has 0 aliphatic carbocycles. The lowest BCUT2D eigenvalue weighted by Gasteiger charge is -2.36. The number of benzene rings is 2. The number of rotatable bonds is 5. The Morgan fingerprint density at radius 3 is 2.34 bits per heavy atom. The van der Waals surface area contributed by atoms with E-state index in [0.717, 1.165) is 17.0 Å². The summed E-state index contributed by atoms with van der Waals surface area (Å²) in [5, 5.41) is 2.73. The fourth-order valence-corrected chi connectivity index (χ4v) is 3.66. The molecule has 0 atom stereocenters. The maximum atomic E-state index is 13.2. The maximum Gasteiger partial charge on any atom is 0.276 e. The molecule has 0 saturated carbocycles. The van der Waals surface area contributed by atoms with Crippen molar-refractivity contribution in [3.63, 3.8) is 0 Å². The van der Waals surface area contributed by atoms with E-state index in [1.54, 1.807) is 24.1 Å². The van der Waals surface area contributed by atoms with Gasteiger partial charge in [-0.2, -0.15) is 0 Å². The zero-order valence-electron chi connectivity index (χ0n) is 18.1. The van der Waals surface area contributed by atoms with Gasteiger partial charge >= 0.3 is 0 Å². The average molecular weight is 431 g/mol. The molecule has 1 N–H and O–H groups in total. The van der Waals surface area contributed by atoms with Crippen LogP contribution in [0.4, 0.5) is 11.5 Å². The molecule has 164 valence electrons. The summed E-state index contributed by atoms with van der Waals surface area (Å²) in [6.07, 6.45) is 2.92. The molecule has 8 nitrogen and oxygen atoms in total. The second-order valence-corrected chi connectivity index (χ2v) is 7.52. The van der Waals surface area contributed by atoms with Crippen LogP contribution in [0.15, 0.2) is 60.9 Å². The number of nitrogens with zero attached hydrogens (tertiary/aromatic N) is 4. The van der Waals surface area contributed by atoms with Gasteiger partial charge in [-0.25, -0.2) is 9.97 Å². The zero-order chi connectivity index (χ0) is 22.5. The number of piperazine rings is 1. The van der Waals surface area contributed by atoms with Gasteiger partial charge in [0.05, 0.1) is 12.8 Å². The SMILES string of the molecule is COc1ccccc1N1CCN(C(=O)c2nccnc2NC(=O)c2ccc(C)cc2)CC1. The molecule has 0 radical (unpaired) electrons. The predicted molar refractivity (Wildman–Crippen MR) is 122 cm³/mol. The Morgan fingerprint density at radius 2 is 1.62 bits per heavy atom. The van der Waals surface area contributed by atoms with Crippen molar-refractivity contribution in [1.29, 1.82) is 0 Å². The van der Waals surface area contributed by atoms with Gasteiger partial charge in [-0.05, 0) is 31.2 Å². The second kappa shape index (κ2) is 9.47. The van der Waals surface area contributed by atoms with Crippen molar-refractivity contribution in [2.24, 2.45) is 0 Å². The van der Waals surface area contributed by atoms with E-state index in [2.05, 4.69) is 20.2 Å². The first-order valence-corrected chi connectivity index (χ1v) is 10.4. The van der Waals surface area contributed by atoms with E-state index in [1.165, 1.54) is 12.4 Å². The van der Waals surface area contributed by atoms with E-state index in [1.807, 2.05) is 43.3 Å². The van der Waals surface area contributed by atoms with E-state index in [-0.39, 0.29) is 23.3 Å². The normalized spacial score (nSPS) is 13.6. The summed E-state index contributed by atoms with van der Waals surface area (Å²) in [6, 6.07) is 15.0. The highest BCUT2D eigenvalue weighted by atomic mass is 16.5. The molecular formula is C24H25N5O3. The molecule has 0 unspecified atom stereocenters. The molecule has 0 spiro atoms. The van der Waals surface area contributed by atoms with Gasteiger partial charge in [0.25, 0.3) is 11.8 Å². The molecule has 1 aliphatic heterocycles. The number of amides is 2. The molecule has 32 heavy (non-hydrogen) atoms. The van der Waals surface area contributed by atoms with Gasteiger partial charge in [-0.1, -0.05) is 29.8 Å². The fourth-order valence-electron chi connectivity index (χ4n) is 3.66. The van der Waals surface area contributed by atoms with Crippen molar-refractivity contribution in [3.8, 4) is 5.75 Å². The first-order valence-electron chi connectivity index (χ1n) is 10.4. The van der Waals surface area contributed by atoms with Crippen LogP contribution < -0.4 is 15.0 Å². The molecule has 2 aromatic carbocycles. The highest BCUT2D eigenvalue weighted by Gasteiger charge is 2.27. The molecule has 0 bridgehead atoms. The van der Waals surface area contributed by atoms with Crippen molar-refractivity contribution in [3.05, 3.63) is 77.7 Å². The molecule has 1 fully saturated rings. The monoisotopic (exact) mass is 431 g/mol. The lowest BCUT2D eigenvalue weighted by molar-refractivity contribution is 0.0741. The van der Waals surface area contributed by atoms with Gasteiger partial charge in [0.15, 0.2) is 11.5 Å². The number of hydrogen-bond donors (Lipinski definition) is 1. The Morgan fingerprint density at radius 1 is 0.938 bits per heavy atom. The Balaban J connectivity index is 1.45. The Kier molecular flexibility index (Phi) is 6.30. The van der Waals surface area contributed by atoms with E-state index in [0.29, 0.717) is 31.7 Å². The number of nitrogens with one attached hydrogen (secondary N) is 1. The topological polar surface area (TPSA) is 87.7 Å². The lowest BCUT2D eigenvalue weighted by Crippen LogP contribution is -2.49. The van der Waals surface area contributed by atoms with Crippen LogP contribution in [-0.2, 0) is 0 Å². The first kappa shape index (κ1) is 21.3. The Bertz CT molecular complexity index is 1110. The average Bonchev–Trinajstić information content (AvgIpc) is 2.84. The van der Waals surface area contributed by atoms with E-state index in [4.69, 9.17) is 4.74 Å². The predicted octanol–water partition coefficient (Wildman–Crippen LogP) is 3.01. The first-order chi connectivity index (χ1) is 15.6. The van der Waals surface area contributed by atoms with Crippen LogP contribution in [-0.4, -0.2) is 60.0 Å². The van der Waals surface area contributed by atoms with E-state index >= 15 is 0 Å². The number of para-hydroxylation sites is 2. The standard InChI is InChI=1S/C24H25N5O3/c1-17-7-9-18(10-8-17)23(30)27-22-21(25-11-12-26-22)24(31)29-15-13-28(14-16-29)19-5-3-4-6-20(19)32-2/h3-12H,13-16H2,1-2H3,(H,26,27,30). The summed E-state index contributed by atoms with van der Waals surface area (Å²) in [4.78, 5) is 38.1. The molecule has 2 heterocycles. The lowest BCUT2D eigenvalue weighted by atomic mass is 10.1. The molecule has 1 saturated heterocycles. The Hall–Kier alpha value is -3.94. The largest absolute Gasteiger partial charge is 0.495 e. The number of methoxy groups -OCH3 is 1. The second-order valence-electron chi connectivity index (χ2n) is 7.52. The number of ether oxygens (including phenoxy) is 1. The molecular weight excluding hydrogens is 406 g/mol. The number of carbonyl (C=O) groups excluding carboxylic acids is 2. The van der Waals surface area contributed by atoms with Crippen LogP contribution in [0.25, 0.3) is 0 Å². The van der Waals surface area contributed by atoms with Gasteiger partial charge in [0, 0.05) is 44.1 Å². The molecule has 1 aromatic heterocycles. The third-order valence-electron chi connectivity index (χ3n) is 5.44. The van der Waals surface area contributed by atoms with Crippen molar-refractivity contribution in [2.45, 2.75) is 6.92 Å². The summed E-state index contributed by atoms with van der Waals surface area (Å²) < 4.78 is 5.46. The van der Waals surface area contributed by atoms with Crippen LogP contribution in [0.1, 0.15) is 26.4 Å². The Labute approximate surface area is 186 Å². The zero-order valence-corrected chi connectivity index (χ0v) is 18.1. The van der Waals surface area contributed by atoms with Crippen molar-refractivity contribution in [2.75, 3.05) is 43.5 Å². The maximum absolute atomic E-state index is 13.2. The minimum atomic E-state index is -0.333. The molecule has 4 rings (SSSR count). The summed E-state index contributed by atoms with van der Waals surface area (Å²) >= 11 is 0.